The zero-order chi connectivity index (χ0) is 23.2. The lowest BCUT2D eigenvalue weighted by Crippen LogP contribution is -2.29. The number of hydrogen-bond acceptors (Lipinski definition) is 6. The van der Waals surface area contributed by atoms with Crippen LogP contribution in [-0.4, -0.2) is 39.9 Å². The number of piperidine rings is 1. The van der Waals surface area contributed by atoms with Gasteiger partial charge in [-0.3, -0.25) is 4.90 Å². The lowest BCUT2D eigenvalue weighted by molar-refractivity contribution is 0.218. The van der Waals surface area contributed by atoms with Crippen LogP contribution in [0, 0.1) is 0 Å². The highest BCUT2D eigenvalue weighted by atomic mass is 16.5. The molecule has 176 valence electrons. The van der Waals surface area contributed by atoms with Gasteiger partial charge in [0.05, 0.1) is 18.5 Å². The molecule has 0 bridgehead atoms. The smallest absolute Gasteiger partial charge is 0.298 e. The van der Waals surface area contributed by atoms with Crippen molar-refractivity contribution in [2.24, 2.45) is 0 Å². The summed E-state index contributed by atoms with van der Waals surface area (Å²) < 4.78 is 13.3. The minimum Gasteiger partial charge on any atom is -0.497 e. The van der Waals surface area contributed by atoms with Crippen molar-refractivity contribution < 1.29 is 9.15 Å². The Labute approximate surface area is 200 Å². The Kier molecular flexibility index (Phi) is 6.91. The molecule has 2 aromatic carbocycles. The van der Waals surface area contributed by atoms with Crippen molar-refractivity contribution in [1.82, 2.24) is 19.7 Å². The SMILES string of the molecule is COc1cccc(CN(Cc2ccc(-n3cccn3)cc2)c2nc(CN3CCCCC3)co2)c1. The fourth-order valence-corrected chi connectivity index (χ4v) is 4.44. The zero-order valence-corrected chi connectivity index (χ0v) is 19.6. The van der Waals surface area contributed by atoms with Crippen molar-refractivity contribution in [3.05, 3.63) is 90.1 Å². The highest BCUT2D eigenvalue weighted by molar-refractivity contribution is 5.38. The number of aromatic nitrogens is 3. The summed E-state index contributed by atoms with van der Waals surface area (Å²) in [7, 11) is 1.69. The molecule has 7 nitrogen and oxygen atoms in total. The number of rotatable bonds is 9. The van der Waals surface area contributed by atoms with Crippen molar-refractivity contribution in [1.29, 1.82) is 0 Å². The van der Waals surface area contributed by atoms with Crippen molar-refractivity contribution in [2.75, 3.05) is 25.1 Å². The number of hydrogen-bond donors (Lipinski definition) is 0. The molecule has 5 rings (SSSR count). The van der Waals surface area contributed by atoms with Crippen molar-refractivity contribution >= 4 is 6.01 Å². The van der Waals surface area contributed by atoms with Crippen molar-refractivity contribution in [2.45, 2.75) is 38.9 Å². The molecule has 2 aromatic heterocycles. The molecule has 1 saturated heterocycles. The van der Waals surface area contributed by atoms with E-state index >= 15 is 0 Å². The van der Waals surface area contributed by atoms with Crippen LogP contribution in [0.3, 0.4) is 0 Å². The Hall–Kier alpha value is -3.58. The lowest BCUT2D eigenvalue weighted by atomic mass is 10.1. The van der Waals surface area contributed by atoms with Crippen LogP contribution in [0.5, 0.6) is 5.75 Å². The number of benzene rings is 2. The predicted octanol–water partition coefficient (Wildman–Crippen LogP) is 5.06. The second kappa shape index (κ2) is 10.6. The van der Waals surface area contributed by atoms with Gasteiger partial charge in [0.1, 0.15) is 12.0 Å². The Bertz CT molecular complexity index is 1160. The number of methoxy groups -OCH3 is 1. The van der Waals surface area contributed by atoms with Crippen molar-refractivity contribution in [3.8, 4) is 11.4 Å². The van der Waals surface area contributed by atoms with Crippen LogP contribution in [-0.2, 0) is 19.6 Å². The minimum atomic E-state index is 0.644. The molecule has 0 radical (unpaired) electrons. The summed E-state index contributed by atoms with van der Waals surface area (Å²) in [6.45, 7) is 4.47. The summed E-state index contributed by atoms with van der Waals surface area (Å²) in [5, 5.41) is 4.31. The van der Waals surface area contributed by atoms with Crippen LogP contribution in [0.4, 0.5) is 6.01 Å². The van der Waals surface area contributed by atoms with Gasteiger partial charge >= 0.3 is 0 Å². The molecule has 0 saturated carbocycles. The molecular formula is C27H31N5O2. The molecule has 0 unspecified atom stereocenters. The summed E-state index contributed by atoms with van der Waals surface area (Å²) >= 11 is 0. The van der Waals surface area contributed by atoms with E-state index in [4.69, 9.17) is 14.1 Å². The monoisotopic (exact) mass is 457 g/mol. The first kappa shape index (κ1) is 22.2. The van der Waals surface area contributed by atoms with Gasteiger partial charge < -0.3 is 14.1 Å². The number of likely N-dealkylation sites (tertiary alicyclic amines) is 1. The first-order chi connectivity index (χ1) is 16.8. The molecule has 3 heterocycles. The highest BCUT2D eigenvalue weighted by Gasteiger charge is 2.18. The van der Waals surface area contributed by atoms with Gasteiger partial charge in [0.25, 0.3) is 6.01 Å². The maximum atomic E-state index is 5.99. The van der Waals surface area contributed by atoms with Gasteiger partial charge in [0, 0.05) is 32.0 Å². The highest BCUT2D eigenvalue weighted by Crippen LogP contribution is 2.23. The predicted molar refractivity (Wildman–Crippen MR) is 132 cm³/mol. The van der Waals surface area contributed by atoms with Gasteiger partial charge in [-0.05, 0) is 67.4 Å². The summed E-state index contributed by atoms with van der Waals surface area (Å²) in [4.78, 5) is 9.51. The van der Waals surface area contributed by atoms with Gasteiger partial charge in [-0.2, -0.15) is 10.1 Å². The fourth-order valence-electron chi connectivity index (χ4n) is 4.44. The topological polar surface area (TPSA) is 59.6 Å². The van der Waals surface area contributed by atoms with E-state index in [0.29, 0.717) is 19.1 Å². The van der Waals surface area contributed by atoms with E-state index in [1.165, 1.54) is 24.8 Å². The summed E-state index contributed by atoms with van der Waals surface area (Å²) in [6, 6.07) is 19.2. The standard InChI is InChI=1S/C27H31N5O2/c1-33-26-8-5-7-23(17-26)19-31(18-22-9-11-25(12-10-22)32-16-6-13-28-32)27-29-24(21-34-27)20-30-14-3-2-4-15-30/h5-13,16-17,21H,2-4,14-15,18-20H2,1H3. The second-order valence-electron chi connectivity index (χ2n) is 8.78. The van der Waals surface area contributed by atoms with E-state index in [9.17, 15) is 0 Å². The summed E-state index contributed by atoms with van der Waals surface area (Å²) in [6.07, 6.45) is 9.40. The first-order valence-electron chi connectivity index (χ1n) is 11.9. The van der Waals surface area contributed by atoms with Gasteiger partial charge in [-0.1, -0.05) is 30.7 Å². The molecule has 4 aromatic rings. The van der Waals surface area contributed by atoms with E-state index in [0.717, 1.165) is 42.3 Å². The van der Waals surface area contributed by atoms with E-state index in [1.807, 2.05) is 35.3 Å². The Morgan fingerprint density at radius 2 is 1.79 bits per heavy atom. The lowest BCUT2D eigenvalue weighted by Gasteiger charge is -2.25. The maximum absolute atomic E-state index is 5.99. The minimum absolute atomic E-state index is 0.644. The molecule has 0 spiro atoms. The van der Waals surface area contributed by atoms with E-state index < -0.39 is 0 Å². The van der Waals surface area contributed by atoms with Gasteiger partial charge in [-0.25, -0.2) is 4.68 Å². The zero-order valence-electron chi connectivity index (χ0n) is 19.6. The second-order valence-corrected chi connectivity index (χ2v) is 8.78. The van der Waals surface area contributed by atoms with Gasteiger partial charge in [-0.15, -0.1) is 0 Å². The van der Waals surface area contributed by atoms with E-state index in [2.05, 4.69) is 51.3 Å². The number of oxazole rings is 1. The van der Waals surface area contributed by atoms with E-state index in [-0.39, 0.29) is 0 Å². The first-order valence-corrected chi connectivity index (χ1v) is 11.9. The summed E-state index contributed by atoms with van der Waals surface area (Å²) in [5.41, 5.74) is 4.34. The quantitative estimate of drug-likeness (QED) is 0.350. The van der Waals surface area contributed by atoms with Crippen molar-refractivity contribution in [3.63, 3.8) is 0 Å². The average Bonchev–Trinajstić information content (AvgIpc) is 3.58. The van der Waals surface area contributed by atoms with Crippen LogP contribution in [0.15, 0.2) is 77.7 Å². The fraction of sp³-hybridized carbons (Fsp3) is 0.333. The number of ether oxygens (including phenoxy) is 1. The van der Waals surface area contributed by atoms with Crippen LogP contribution >= 0.6 is 0 Å². The number of nitrogens with zero attached hydrogens (tertiary/aromatic N) is 5. The Morgan fingerprint density at radius 3 is 2.56 bits per heavy atom. The molecule has 1 aliphatic heterocycles. The van der Waals surface area contributed by atoms with Gasteiger partial charge in [0.15, 0.2) is 0 Å². The van der Waals surface area contributed by atoms with Crippen LogP contribution in [0.25, 0.3) is 5.69 Å². The molecule has 0 aliphatic carbocycles. The summed E-state index contributed by atoms with van der Waals surface area (Å²) in [5.74, 6) is 0.846. The molecule has 1 fully saturated rings. The van der Waals surface area contributed by atoms with Crippen LogP contribution in [0.2, 0.25) is 0 Å². The Balaban J connectivity index is 1.35. The molecule has 1 aliphatic rings. The molecule has 0 amide bonds. The van der Waals surface area contributed by atoms with E-state index in [1.54, 1.807) is 13.3 Å². The molecule has 34 heavy (non-hydrogen) atoms. The third-order valence-electron chi connectivity index (χ3n) is 6.23. The largest absolute Gasteiger partial charge is 0.497 e. The van der Waals surface area contributed by atoms with Gasteiger partial charge in [0.2, 0.25) is 0 Å². The third-order valence-corrected chi connectivity index (χ3v) is 6.23. The molecular weight excluding hydrogens is 426 g/mol. The van der Waals surface area contributed by atoms with Crippen LogP contribution < -0.4 is 9.64 Å². The Morgan fingerprint density at radius 1 is 0.971 bits per heavy atom. The average molecular weight is 458 g/mol. The molecule has 0 N–H and O–H groups in total. The normalized spacial score (nSPS) is 14.3. The molecule has 0 atom stereocenters. The maximum Gasteiger partial charge on any atom is 0.298 e. The molecule has 7 heteroatoms. The third kappa shape index (κ3) is 5.48. The van der Waals surface area contributed by atoms with Crippen LogP contribution in [0.1, 0.15) is 36.1 Å². The number of anilines is 1.